The van der Waals surface area contributed by atoms with Gasteiger partial charge in [-0.05, 0) is 48.4 Å². The van der Waals surface area contributed by atoms with E-state index in [0.717, 1.165) is 0 Å². The molecule has 0 aromatic heterocycles. The Hall–Kier alpha value is -2.19. The van der Waals surface area contributed by atoms with Gasteiger partial charge in [-0.25, -0.2) is 0 Å². The molecule has 2 aromatic rings. The van der Waals surface area contributed by atoms with E-state index >= 15 is 0 Å². The minimum Gasteiger partial charge on any atom is -0.543 e. The summed E-state index contributed by atoms with van der Waals surface area (Å²) in [6.45, 7) is 21.5. The first kappa shape index (κ1) is 24.5. The molecule has 1 aliphatic carbocycles. The van der Waals surface area contributed by atoms with Crippen molar-refractivity contribution in [3.05, 3.63) is 58.7 Å². The summed E-state index contributed by atoms with van der Waals surface area (Å²) in [7, 11) is -4.43. The number of hydrogen-bond acceptors (Lipinski definition) is 4. The molecule has 0 heterocycles. The van der Waals surface area contributed by atoms with E-state index in [1.807, 2.05) is 12.1 Å². The second-order valence-corrected chi connectivity index (χ2v) is 21.2. The zero-order valence-electron chi connectivity index (χ0n) is 21.1. The quantitative estimate of drug-likeness (QED) is 0.379. The highest BCUT2D eigenvalue weighted by Gasteiger charge is 2.43. The summed E-state index contributed by atoms with van der Waals surface area (Å²) in [5, 5.41) is -0.0715. The van der Waals surface area contributed by atoms with Crippen LogP contribution in [0.1, 0.15) is 73.4 Å². The predicted octanol–water partition coefficient (Wildman–Crippen LogP) is 7.23. The molecule has 0 saturated heterocycles. The van der Waals surface area contributed by atoms with Crippen molar-refractivity contribution in [1.82, 2.24) is 0 Å². The van der Waals surface area contributed by atoms with E-state index in [-0.39, 0.29) is 21.6 Å². The predicted molar refractivity (Wildman–Crippen MR) is 135 cm³/mol. The van der Waals surface area contributed by atoms with Crippen molar-refractivity contribution in [2.24, 2.45) is 0 Å². The lowest BCUT2D eigenvalue weighted by Gasteiger charge is -2.38. The molecule has 32 heavy (non-hydrogen) atoms. The fourth-order valence-electron chi connectivity index (χ4n) is 3.21. The number of hydrogen-bond donors (Lipinski definition) is 0. The first-order valence-corrected chi connectivity index (χ1v) is 17.0. The smallest absolute Gasteiger partial charge is 0.250 e. The first-order chi connectivity index (χ1) is 14.5. The molecule has 172 valence electrons. The Kier molecular flexibility index (Phi) is 5.88. The van der Waals surface area contributed by atoms with Gasteiger partial charge in [0.15, 0.2) is 5.78 Å². The molecule has 2 aromatic carbocycles. The summed E-state index contributed by atoms with van der Waals surface area (Å²) in [6, 6.07) is 10.7. The topological polar surface area (TPSA) is 52.6 Å². The zero-order chi connectivity index (χ0) is 24.3. The fraction of sp³-hybridized carbons (Fsp3) is 0.462. The molecule has 0 fully saturated rings. The number of fused-ring (bicyclic) bond motifs is 2. The summed E-state index contributed by atoms with van der Waals surface area (Å²) in [5.74, 6) is 0.648. The van der Waals surface area contributed by atoms with Gasteiger partial charge in [-0.15, -0.1) is 0 Å². The molecule has 0 spiro atoms. The van der Waals surface area contributed by atoms with E-state index in [9.17, 15) is 9.59 Å². The lowest BCUT2D eigenvalue weighted by atomic mass is 9.83. The zero-order valence-corrected chi connectivity index (χ0v) is 23.1. The van der Waals surface area contributed by atoms with Gasteiger partial charge in [0.05, 0.1) is 11.1 Å². The molecule has 0 N–H and O–H groups in total. The van der Waals surface area contributed by atoms with Gasteiger partial charge in [0.2, 0.25) is 5.78 Å². The third kappa shape index (κ3) is 4.10. The molecule has 4 nitrogen and oxygen atoms in total. The Morgan fingerprint density at radius 1 is 0.594 bits per heavy atom. The van der Waals surface area contributed by atoms with Gasteiger partial charge >= 0.3 is 0 Å². The minimum atomic E-state index is -2.21. The second kappa shape index (κ2) is 7.70. The van der Waals surface area contributed by atoms with Crippen LogP contribution in [0.2, 0.25) is 36.3 Å². The Morgan fingerprint density at radius 3 is 1.25 bits per heavy atom. The maximum Gasteiger partial charge on any atom is 0.250 e. The van der Waals surface area contributed by atoms with Crippen molar-refractivity contribution < 1.29 is 18.4 Å². The van der Waals surface area contributed by atoms with Crippen molar-refractivity contribution in [2.45, 2.75) is 77.8 Å². The summed E-state index contributed by atoms with van der Waals surface area (Å²) in [4.78, 5) is 27.3. The normalized spacial score (nSPS) is 14.7. The standard InChI is InChI=1S/C26H36O4Si2/c1-25(2,3)31(7,8)29-19-15-11-13-17-21(19)24(28)22-18(23(17)27)14-12-16-20(22)30-32(9,10)26(4,5)6/h11-16H,1-10H3. The van der Waals surface area contributed by atoms with Gasteiger partial charge in [-0.2, -0.15) is 0 Å². The second-order valence-electron chi connectivity index (χ2n) is 11.7. The molecule has 3 rings (SSSR count). The van der Waals surface area contributed by atoms with Crippen molar-refractivity contribution in [1.29, 1.82) is 0 Å². The van der Waals surface area contributed by atoms with Gasteiger partial charge in [0.1, 0.15) is 11.5 Å². The molecular weight excluding hydrogens is 432 g/mol. The summed E-state index contributed by atoms with van der Waals surface area (Å²) in [6.07, 6.45) is 0. The lowest BCUT2D eigenvalue weighted by Crippen LogP contribution is -2.45. The van der Waals surface area contributed by atoms with Gasteiger partial charge in [0, 0.05) is 11.1 Å². The van der Waals surface area contributed by atoms with Crippen molar-refractivity contribution >= 4 is 28.2 Å². The van der Waals surface area contributed by atoms with Crippen LogP contribution in [0.15, 0.2) is 36.4 Å². The number of ketones is 2. The van der Waals surface area contributed by atoms with Crippen LogP contribution in [0, 0.1) is 0 Å². The van der Waals surface area contributed by atoms with Gasteiger partial charge < -0.3 is 8.85 Å². The monoisotopic (exact) mass is 468 g/mol. The molecule has 0 atom stereocenters. The Balaban J connectivity index is 2.16. The van der Waals surface area contributed by atoms with Gasteiger partial charge in [-0.3, -0.25) is 9.59 Å². The van der Waals surface area contributed by atoms with E-state index < -0.39 is 16.6 Å². The molecule has 6 heteroatoms. The maximum atomic E-state index is 13.9. The highest BCUT2D eigenvalue weighted by molar-refractivity contribution is 6.75. The Labute approximate surface area is 194 Å². The third-order valence-electron chi connectivity index (χ3n) is 7.34. The van der Waals surface area contributed by atoms with Crippen LogP contribution in [-0.4, -0.2) is 28.2 Å². The summed E-state index contributed by atoms with van der Waals surface area (Å²) < 4.78 is 13.1. The average molecular weight is 469 g/mol. The summed E-state index contributed by atoms with van der Waals surface area (Å²) in [5.41, 5.74) is 1.54. The maximum absolute atomic E-state index is 13.9. The van der Waals surface area contributed by atoms with Crippen LogP contribution < -0.4 is 8.85 Å². The number of rotatable bonds is 4. The molecular formula is C26H36O4Si2. The van der Waals surface area contributed by atoms with Crippen molar-refractivity contribution in [3.8, 4) is 11.5 Å². The molecule has 0 unspecified atom stereocenters. The van der Waals surface area contributed by atoms with Crippen LogP contribution in [0.25, 0.3) is 0 Å². The minimum absolute atomic E-state index is 0.0358. The molecule has 0 radical (unpaired) electrons. The van der Waals surface area contributed by atoms with E-state index in [1.54, 1.807) is 24.3 Å². The van der Waals surface area contributed by atoms with Crippen LogP contribution in [-0.2, 0) is 0 Å². The van der Waals surface area contributed by atoms with E-state index in [1.165, 1.54) is 0 Å². The van der Waals surface area contributed by atoms with Crippen molar-refractivity contribution in [3.63, 3.8) is 0 Å². The SMILES string of the molecule is CC(C)(C)[Si](C)(C)Oc1cccc2c1C(=O)c1c(O[Si](C)(C)C(C)(C)C)cccc1C2=O. The van der Waals surface area contributed by atoms with E-state index in [0.29, 0.717) is 33.8 Å². The molecule has 1 aliphatic rings. The van der Waals surface area contributed by atoms with E-state index in [4.69, 9.17) is 8.85 Å². The van der Waals surface area contributed by atoms with Crippen molar-refractivity contribution in [2.75, 3.05) is 0 Å². The van der Waals surface area contributed by atoms with Crippen LogP contribution in [0.4, 0.5) is 0 Å². The first-order valence-electron chi connectivity index (χ1n) is 11.2. The third-order valence-corrected chi connectivity index (χ3v) is 16.0. The number of carbonyl (C=O) groups excluding carboxylic acids is 2. The van der Waals surface area contributed by atoms with E-state index in [2.05, 4.69) is 67.7 Å². The largest absolute Gasteiger partial charge is 0.543 e. The van der Waals surface area contributed by atoms with Crippen LogP contribution in [0.3, 0.4) is 0 Å². The van der Waals surface area contributed by atoms with Gasteiger partial charge in [0.25, 0.3) is 16.6 Å². The Morgan fingerprint density at radius 2 is 0.938 bits per heavy atom. The molecule has 0 amide bonds. The molecule has 0 aliphatic heterocycles. The Bertz CT molecular complexity index is 1000. The van der Waals surface area contributed by atoms with Crippen LogP contribution in [0.5, 0.6) is 11.5 Å². The van der Waals surface area contributed by atoms with Gasteiger partial charge in [-0.1, -0.05) is 65.8 Å². The highest BCUT2D eigenvalue weighted by Crippen LogP contribution is 2.44. The number of benzene rings is 2. The van der Waals surface area contributed by atoms with Crippen LogP contribution >= 0.6 is 0 Å². The molecule has 0 bridgehead atoms. The highest BCUT2D eigenvalue weighted by atomic mass is 28.4. The summed E-state index contributed by atoms with van der Waals surface area (Å²) >= 11 is 0. The lowest BCUT2D eigenvalue weighted by molar-refractivity contribution is 0.0975. The number of carbonyl (C=O) groups is 2. The average Bonchev–Trinajstić information content (AvgIpc) is 2.63. The molecule has 0 saturated carbocycles. The fourth-order valence-corrected chi connectivity index (χ4v) is 5.26.